The number of thioether (sulfide) groups is 1. The van der Waals surface area contributed by atoms with Crippen LogP contribution in [0.3, 0.4) is 0 Å². The van der Waals surface area contributed by atoms with Crippen molar-refractivity contribution in [1.82, 2.24) is 4.31 Å². The first-order chi connectivity index (χ1) is 9.30. The van der Waals surface area contributed by atoms with Crippen LogP contribution in [0.15, 0.2) is 29.2 Å². The smallest absolute Gasteiger partial charge is 0.242 e. The average molecular weight is 316 g/mol. The van der Waals surface area contributed by atoms with Crippen LogP contribution in [0.4, 0.5) is 5.69 Å². The molecule has 0 atom stereocenters. The van der Waals surface area contributed by atoms with Crippen LogP contribution in [-0.2, 0) is 14.8 Å². The van der Waals surface area contributed by atoms with Crippen molar-refractivity contribution in [2.45, 2.75) is 11.3 Å². The van der Waals surface area contributed by atoms with E-state index in [1.165, 1.54) is 26.2 Å². The zero-order valence-electron chi connectivity index (χ0n) is 12.2. The van der Waals surface area contributed by atoms with E-state index in [9.17, 15) is 13.2 Å². The maximum atomic E-state index is 11.9. The Hall–Kier alpha value is -1.05. The Bertz CT molecular complexity index is 553. The number of carbonyl (C=O) groups is 1. The minimum atomic E-state index is -3.43. The summed E-state index contributed by atoms with van der Waals surface area (Å²) < 4.78 is 25.0. The van der Waals surface area contributed by atoms with E-state index in [-0.39, 0.29) is 10.8 Å². The number of carbonyl (C=O) groups excluding carboxylic acids is 1. The molecule has 112 valence electrons. The molecule has 0 saturated heterocycles. The number of rotatable bonds is 6. The minimum absolute atomic E-state index is 0.0163. The van der Waals surface area contributed by atoms with Crippen LogP contribution in [0, 0.1) is 0 Å². The molecule has 0 heterocycles. The van der Waals surface area contributed by atoms with Gasteiger partial charge in [-0.3, -0.25) is 4.79 Å². The van der Waals surface area contributed by atoms with Gasteiger partial charge in [0.05, 0.1) is 4.90 Å². The lowest BCUT2D eigenvalue weighted by Crippen LogP contribution is -2.26. The summed E-state index contributed by atoms with van der Waals surface area (Å²) in [6.45, 7) is 0. The van der Waals surface area contributed by atoms with Crippen LogP contribution in [0.1, 0.15) is 6.42 Å². The highest BCUT2D eigenvalue weighted by atomic mass is 32.2. The molecular weight excluding hydrogens is 296 g/mol. The van der Waals surface area contributed by atoms with Crippen LogP contribution in [0.2, 0.25) is 0 Å². The van der Waals surface area contributed by atoms with Crippen LogP contribution >= 0.6 is 11.8 Å². The molecule has 0 aliphatic heterocycles. The summed E-state index contributed by atoms with van der Waals surface area (Å²) in [6, 6.07) is 6.33. The third kappa shape index (κ3) is 3.97. The maximum Gasteiger partial charge on any atom is 0.242 e. The average Bonchev–Trinajstić information content (AvgIpc) is 2.43. The summed E-state index contributed by atoms with van der Waals surface area (Å²) in [5, 5.41) is 0. The predicted molar refractivity (Wildman–Crippen MR) is 83.7 cm³/mol. The van der Waals surface area contributed by atoms with Gasteiger partial charge in [-0.1, -0.05) is 0 Å². The van der Waals surface area contributed by atoms with E-state index in [2.05, 4.69) is 0 Å². The van der Waals surface area contributed by atoms with Crippen molar-refractivity contribution in [3.05, 3.63) is 24.3 Å². The highest BCUT2D eigenvalue weighted by molar-refractivity contribution is 7.98. The predicted octanol–water partition coefficient (Wildman–Crippen LogP) is 1.65. The number of hydrogen-bond donors (Lipinski definition) is 0. The van der Waals surface area contributed by atoms with Crippen molar-refractivity contribution in [3.63, 3.8) is 0 Å². The lowest BCUT2D eigenvalue weighted by Gasteiger charge is -2.18. The molecule has 0 N–H and O–H groups in total. The van der Waals surface area contributed by atoms with Crippen LogP contribution in [0.5, 0.6) is 0 Å². The molecule has 0 unspecified atom stereocenters. The standard InChI is InChI=1S/C13H20N2O3S2/c1-14(2)20(17,18)12-7-5-11(6-8-12)15(3)13(16)9-10-19-4/h5-8H,9-10H2,1-4H3. The highest BCUT2D eigenvalue weighted by Crippen LogP contribution is 2.19. The molecule has 1 rings (SSSR count). The molecule has 7 heteroatoms. The summed E-state index contributed by atoms with van der Waals surface area (Å²) in [7, 11) is 1.24. The zero-order valence-corrected chi connectivity index (χ0v) is 13.8. The van der Waals surface area contributed by atoms with E-state index in [1.807, 2.05) is 6.26 Å². The van der Waals surface area contributed by atoms with Gasteiger partial charge in [-0.25, -0.2) is 12.7 Å². The van der Waals surface area contributed by atoms with E-state index in [1.54, 1.807) is 35.8 Å². The number of sulfonamides is 1. The zero-order chi connectivity index (χ0) is 15.3. The first-order valence-corrected chi connectivity index (χ1v) is 8.92. The van der Waals surface area contributed by atoms with Crippen molar-refractivity contribution < 1.29 is 13.2 Å². The van der Waals surface area contributed by atoms with Gasteiger partial charge < -0.3 is 4.90 Å². The first-order valence-electron chi connectivity index (χ1n) is 6.08. The van der Waals surface area contributed by atoms with Crippen molar-refractivity contribution in [1.29, 1.82) is 0 Å². The monoisotopic (exact) mass is 316 g/mol. The Labute approximate surface area is 125 Å². The van der Waals surface area contributed by atoms with E-state index >= 15 is 0 Å². The first kappa shape index (κ1) is 17.0. The van der Waals surface area contributed by atoms with Crippen molar-refractivity contribution in [3.8, 4) is 0 Å². The third-order valence-electron chi connectivity index (χ3n) is 2.90. The summed E-state index contributed by atoms with van der Waals surface area (Å²) in [5.74, 6) is 0.790. The molecular formula is C13H20N2O3S2. The normalized spacial score (nSPS) is 11.7. The molecule has 1 aromatic carbocycles. The van der Waals surface area contributed by atoms with Gasteiger partial charge in [0.1, 0.15) is 0 Å². The molecule has 1 aromatic rings. The molecule has 0 spiro atoms. The molecule has 0 aliphatic carbocycles. The van der Waals surface area contributed by atoms with Gasteiger partial charge in [-0.15, -0.1) is 0 Å². The Balaban J connectivity index is 2.89. The van der Waals surface area contributed by atoms with Gasteiger partial charge in [-0.05, 0) is 30.5 Å². The molecule has 5 nitrogen and oxygen atoms in total. The fourth-order valence-corrected chi connectivity index (χ4v) is 2.83. The topological polar surface area (TPSA) is 57.7 Å². The van der Waals surface area contributed by atoms with E-state index < -0.39 is 10.0 Å². The number of anilines is 1. The van der Waals surface area contributed by atoms with E-state index in [0.29, 0.717) is 12.1 Å². The fraction of sp³-hybridized carbons (Fsp3) is 0.462. The van der Waals surface area contributed by atoms with Gasteiger partial charge in [0.25, 0.3) is 0 Å². The van der Waals surface area contributed by atoms with Crippen LogP contribution < -0.4 is 4.90 Å². The third-order valence-corrected chi connectivity index (χ3v) is 5.34. The summed E-state index contributed by atoms with van der Waals surface area (Å²) in [4.78, 5) is 13.6. The lowest BCUT2D eigenvalue weighted by atomic mass is 10.3. The molecule has 0 bridgehead atoms. The van der Waals surface area contributed by atoms with Crippen LogP contribution in [-0.4, -0.2) is 51.8 Å². The van der Waals surface area contributed by atoms with Gasteiger partial charge in [0.15, 0.2) is 0 Å². The number of benzene rings is 1. The minimum Gasteiger partial charge on any atom is -0.315 e. The summed E-state index contributed by atoms with van der Waals surface area (Å²) in [6.07, 6.45) is 2.42. The second kappa shape index (κ2) is 7.10. The number of hydrogen-bond acceptors (Lipinski definition) is 4. The van der Waals surface area contributed by atoms with Crippen molar-refractivity contribution in [2.24, 2.45) is 0 Å². The van der Waals surface area contributed by atoms with Crippen molar-refractivity contribution >= 4 is 33.4 Å². The highest BCUT2D eigenvalue weighted by Gasteiger charge is 2.17. The van der Waals surface area contributed by atoms with Crippen molar-refractivity contribution in [2.75, 3.05) is 38.1 Å². The summed E-state index contributed by atoms with van der Waals surface area (Å²) in [5.41, 5.74) is 0.689. The second-order valence-corrected chi connectivity index (χ2v) is 7.61. The van der Waals surface area contributed by atoms with Gasteiger partial charge >= 0.3 is 0 Å². The Kier molecular flexibility index (Phi) is 6.04. The Morgan fingerprint density at radius 1 is 1.15 bits per heavy atom. The number of nitrogens with zero attached hydrogens (tertiary/aromatic N) is 2. The molecule has 0 radical (unpaired) electrons. The summed E-state index contributed by atoms with van der Waals surface area (Å²) >= 11 is 1.62. The van der Waals surface area contributed by atoms with E-state index in [4.69, 9.17) is 0 Å². The maximum absolute atomic E-state index is 11.9. The molecule has 0 aromatic heterocycles. The second-order valence-electron chi connectivity index (χ2n) is 4.48. The quantitative estimate of drug-likeness (QED) is 0.801. The molecule has 0 saturated carbocycles. The SMILES string of the molecule is CSCCC(=O)N(C)c1ccc(S(=O)(=O)N(C)C)cc1. The van der Waals surface area contributed by atoms with Crippen LogP contribution in [0.25, 0.3) is 0 Å². The lowest BCUT2D eigenvalue weighted by molar-refractivity contribution is -0.117. The molecule has 20 heavy (non-hydrogen) atoms. The Morgan fingerprint density at radius 2 is 1.70 bits per heavy atom. The van der Waals surface area contributed by atoms with Gasteiger partial charge in [0, 0.05) is 39.0 Å². The number of amides is 1. The van der Waals surface area contributed by atoms with Gasteiger partial charge in [-0.2, -0.15) is 11.8 Å². The Morgan fingerprint density at radius 3 is 2.15 bits per heavy atom. The van der Waals surface area contributed by atoms with Gasteiger partial charge in [0.2, 0.25) is 15.9 Å². The van der Waals surface area contributed by atoms with E-state index in [0.717, 1.165) is 10.1 Å². The fourth-order valence-electron chi connectivity index (χ4n) is 1.55. The largest absolute Gasteiger partial charge is 0.315 e. The molecule has 1 amide bonds. The molecule has 0 fully saturated rings. The molecule has 0 aliphatic rings.